The lowest BCUT2D eigenvalue weighted by Crippen LogP contribution is -2.42. The van der Waals surface area contributed by atoms with Gasteiger partial charge in [-0.2, -0.15) is 11.8 Å². The lowest BCUT2D eigenvalue weighted by molar-refractivity contribution is -0.145. The predicted molar refractivity (Wildman–Crippen MR) is 97.5 cm³/mol. The number of hydrogen-bond donors (Lipinski definition) is 4. The van der Waals surface area contributed by atoms with E-state index in [2.05, 4.69) is 10.6 Å². The summed E-state index contributed by atoms with van der Waals surface area (Å²) in [6.45, 7) is 0.611. The Morgan fingerprint density at radius 3 is 2.44 bits per heavy atom. The second-order valence-corrected chi connectivity index (χ2v) is 7.90. The zero-order valence-electron chi connectivity index (χ0n) is 14.5. The number of hydrogen-bond acceptors (Lipinski definition) is 6. The van der Waals surface area contributed by atoms with Crippen LogP contribution in [0, 0.1) is 0 Å². The van der Waals surface area contributed by atoms with Crippen molar-refractivity contribution in [3.63, 3.8) is 0 Å². The first-order valence-electron chi connectivity index (χ1n) is 9.02. The van der Waals surface area contributed by atoms with Crippen molar-refractivity contribution in [3.8, 4) is 0 Å². The number of fused-ring (bicyclic) bond motifs is 1. The largest absolute Gasteiger partial charge is 0.332 e. The van der Waals surface area contributed by atoms with Gasteiger partial charge in [0.25, 0.3) is 0 Å². The summed E-state index contributed by atoms with van der Waals surface area (Å²) in [6.07, 6.45) is 5.54. The molecule has 0 aromatic carbocycles. The highest BCUT2D eigenvalue weighted by molar-refractivity contribution is 8.00. The molecule has 142 valence electrons. The Kier molecular flexibility index (Phi) is 7.98. The Morgan fingerprint density at radius 1 is 1.08 bits per heavy atom. The maximum Gasteiger partial charge on any atom is 0.315 e. The summed E-state index contributed by atoms with van der Waals surface area (Å²) in [7, 11) is 0. The van der Waals surface area contributed by atoms with Crippen LogP contribution in [0.15, 0.2) is 0 Å². The van der Waals surface area contributed by atoms with E-state index in [1.807, 2.05) is 11.8 Å². The number of carbonyl (C=O) groups excluding carboxylic acids is 3. The van der Waals surface area contributed by atoms with Crippen LogP contribution in [0.4, 0.5) is 4.79 Å². The topological polar surface area (TPSA) is 131 Å². The number of urea groups is 1. The fourth-order valence-corrected chi connectivity index (χ4v) is 4.79. The van der Waals surface area contributed by atoms with Crippen molar-refractivity contribution in [2.75, 3.05) is 12.3 Å². The van der Waals surface area contributed by atoms with E-state index in [1.165, 1.54) is 0 Å². The Labute approximate surface area is 152 Å². The van der Waals surface area contributed by atoms with Crippen molar-refractivity contribution >= 4 is 29.6 Å². The van der Waals surface area contributed by atoms with E-state index in [0.29, 0.717) is 24.6 Å². The van der Waals surface area contributed by atoms with E-state index in [1.54, 1.807) is 0 Å². The number of amides is 4. The molecule has 0 aromatic heterocycles. The molecule has 9 heteroatoms. The minimum absolute atomic E-state index is 0.0840. The van der Waals surface area contributed by atoms with Crippen molar-refractivity contribution in [3.05, 3.63) is 0 Å². The van der Waals surface area contributed by atoms with Gasteiger partial charge in [0.1, 0.15) is 0 Å². The maximum absolute atomic E-state index is 12.0. The van der Waals surface area contributed by atoms with Crippen LogP contribution in [-0.4, -0.2) is 52.5 Å². The summed E-state index contributed by atoms with van der Waals surface area (Å²) in [5.41, 5.74) is 5.40. The molecule has 25 heavy (non-hydrogen) atoms. The fraction of sp³-hybridized carbons (Fsp3) is 0.812. The minimum Gasteiger partial charge on any atom is -0.332 e. The first-order valence-corrected chi connectivity index (χ1v) is 10.1. The van der Waals surface area contributed by atoms with Crippen LogP contribution in [0.1, 0.15) is 51.4 Å². The van der Waals surface area contributed by atoms with Crippen LogP contribution >= 0.6 is 11.8 Å². The van der Waals surface area contributed by atoms with Gasteiger partial charge < -0.3 is 16.4 Å². The number of hydrazine groups is 1. The quantitative estimate of drug-likeness (QED) is 0.145. The minimum atomic E-state index is -0.323. The molecule has 0 bridgehead atoms. The number of carbonyl (C=O) groups is 3. The molecule has 0 radical (unpaired) electrons. The Morgan fingerprint density at radius 2 is 1.76 bits per heavy atom. The predicted octanol–water partition coefficient (Wildman–Crippen LogP) is 0.460. The first-order chi connectivity index (χ1) is 12.0. The first kappa shape index (κ1) is 20.0. The number of rotatable bonds is 10. The SMILES string of the molecule is NCCCCCC(=O)N(N)C(=O)CCCC[C@@H]1SC[C@@H]2NC(=O)N[C@@H]21. The summed E-state index contributed by atoms with van der Waals surface area (Å²) in [5, 5.41) is 7.03. The van der Waals surface area contributed by atoms with E-state index in [4.69, 9.17) is 11.6 Å². The third-order valence-corrected chi connectivity index (χ3v) is 6.21. The average molecular weight is 372 g/mol. The second kappa shape index (κ2) is 9.98. The van der Waals surface area contributed by atoms with Gasteiger partial charge in [-0.25, -0.2) is 15.6 Å². The zero-order valence-corrected chi connectivity index (χ0v) is 15.4. The van der Waals surface area contributed by atoms with Gasteiger partial charge in [0, 0.05) is 23.8 Å². The fourth-order valence-electron chi connectivity index (χ4n) is 3.24. The van der Waals surface area contributed by atoms with Gasteiger partial charge in [0.05, 0.1) is 12.1 Å². The smallest absolute Gasteiger partial charge is 0.315 e. The summed E-state index contributed by atoms with van der Waals surface area (Å²) < 4.78 is 0. The van der Waals surface area contributed by atoms with E-state index in [-0.39, 0.29) is 42.8 Å². The van der Waals surface area contributed by atoms with Gasteiger partial charge in [-0.1, -0.05) is 12.8 Å². The summed E-state index contributed by atoms with van der Waals surface area (Å²) in [5.74, 6) is 5.90. The van der Waals surface area contributed by atoms with Gasteiger partial charge in [0.2, 0.25) is 11.8 Å². The molecular weight excluding hydrogens is 342 g/mol. The van der Waals surface area contributed by atoms with Gasteiger partial charge in [0.15, 0.2) is 0 Å². The lowest BCUT2D eigenvalue weighted by Gasteiger charge is -2.17. The summed E-state index contributed by atoms with van der Waals surface area (Å²) in [6, 6.07) is 0.328. The summed E-state index contributed by atoms with van der Waals surface area (Å²) in [4.78, 5) is 35.2. The van der Waals surface area contributed by atoms with Gasteiger partial charge in [-0.05, 0) is 32.2 Å². The third-order valence-electron chi connectivity index (χ3n) is 4.70. The van der Waals surface area contributed by atoms with Gasteiger partial charge in [-0.15, -0.1) is 0 Å². The van der Waals surface area contributed by atoms with Crippen molar-refractivity contribution in [1.82, 2.24) is 15.6 Å². The van der Waals surface area contributed by atoms with Crippen LogP contribution in [0.2, 0.25) is 0 Å². The van der Waals surface area contributed by atoms with Gasteiger partial charge >= 0.3 is 6.03 Å². The van der Waals surface area contributed by atoms with E-state index in [0.717, 1.165) is 36.4 Å². The molecule has 0 saturated carbocycles. The van der Waals surface area contributed by atoms with Crippen molar-refractivity contribution < 1.29 is 14.4 Å². The lowest BCUT2D eigenvalue weighted by atomic mass is 10.0. The molecule has 0 spiro atoms. The highest BCUT2D eigenvalue weighted by Crippen LogP contribution is 2.33. The highest BCUT2D eigenvalue weighted by Gasteiger charge is 2.42. The van der Waals surface area contributed by atoms with Crippen LogP contribution in [0.5, 0.6) is 0 Å². The molecular formula is C16H29N5O3S. The molecule has 2 fully saturated rings. The third kappa shape index (κ3) is 5.86. The molecule has 6 N–H and O–H groups in total. The second-order valence-electron chi connectivity index (χ2n) is 6.62. The number of nitrogens with one attached hydrogen (secondary N) is 2. The van der Waals surface area contributed by atoms with Crippen molar-refractivity contribution in [2.45, 2.75) is 68.7 Å². The molecule has 2 saturated heterocycles. The van der Waals surface area contributed by atoms with Crippen molar-refractivity contribution in [2.24, 2.45) is 11.6 Å². The van der Waals surface area contributed by atoms with Gasteiger partial charge in [-0.3, -0.25) is 9.59 Å². The van der Waals surface area contributed by atoms with E-state index < -0.39 is 0 Å². The molecule has 0 aromatic rings. The molecule has 2 aliphatic heterocycles. The standard InChI is InChI=1S/C16H29N5O3S/c17-9-5-1-2-7-13(22)21(18)14(23)8-4-3-6-12-15-11(10-25-12)19-16(24)20-15/h11-12,15H,1-10,17-18H2,(H2,19,20,24)/t11-,12-,15-/m0/s1. The molecule has 3 atom stereocenters. The highest BCUT2D eigenvalue weighted by atomic mass is 32.2. The molecule has 0 unspecified atom stereocenters. The number of unbranched alkanes of at least 4 members (excludes halogenated alkanes) is 3. The normalized spacial score (nSPS) is 24.6. The van der Waals surface area contributed by atoms with Crippen LogP contribution in [0.3, 0.4) is 0 Å². The Bertz CT molecular complexity index is 490. The maximum atomic E-state index is 12.0. The number of nitrogens with two attached hydrogens (primary N) is 2. The molecule has 8 nitrogen and oxygen atoms in total. The van der Waals surface area contributed by atoms with E-state index >= 15 is 0 Å². The monoisotopic (exact) mass is 371 g/mol. The Balaban J connectivity index is 1.58. The van der Waals surface area contributed by atoms with Crippen LogP contribution in [-0.2, 0) is 9.59 Å². The molecule has 2 rings (SSSR count). The number of imide groups is 1. The van der Waals surface area contributed by atoms with E-state index in [9.17, 15) is 14.4 Å². The van der Waals surface area contributed by atoms with Crippen molar-refractivity contribution in [1.29, 1.82) is 0 Å². The average Bonchev–Trinajstić information content (AvgIpc) is 3.14. The number of nitrogens with zero attached hydrogens (tertiary/aromatic N) is 1. The molecule has 2 aliphatic rings. The zero-order chi connectivity index (χ0) is 18.2. The molecule has 4 amide bonds. The van der Waals surface area contributed by atoms with Crippen LogP contribution < -0.4 is 22.2 Å². The van der Waals surface area contributed by atoms with Crippen LogP contribution in [0.25, 0.3) is 0 Å². The number of thioether (sulfide) groups is 1. The Hall–Kier alpha value is -1.32. The molecule has 2 heterocycles. The molecule has 0 aliphatic carbocycles. The summed E-state index contributed by atoms with van der Waals surface area (Å²) >= 11 is 1.86.